The summed E-state index contributed by atoms with van der Waals surface area (Å²) in [6, 6.07) is 0. The van der Waals surface area contributed by atoms with Crippen LogP contribution in [0.15, 0.2) is 0 Å². The summed E-state index contributed by atoms with van der Waals surface area (Å²) in [5, 5.41) is 0. The molecule has 3 aliphatic rings. The van der Waals surface area contributed by atoms with Crippen LogP contribution in [0.2, 0.25) is 0 Å². The van der Waals surface area contributed by atoms with Crippen molar-refractivity contribution in [2.24, 2.45) is 17.3 Å². The molecule has 1 heteroatoms. The predicted octanol–water partition coefficient (Wildman–Crippen LogP) is 2.16. The molecular weight excluding hydrogens is 136 g/mol. The van der Waals surface area contributed by atoms with Crippen molar-refractivity contribution in [2.45, 2.75) is 38.5 Å². The van der Waals surface area contributed by atoms with Gasteiger partial charge in [0.1, 0.15) is 5.78 Å². The Kier molecular flexibility index (Phi) is 0.961. The van der Waals surface area contributed by atoms with Gasteiger partial charge in [-0.05, 0) is 37.5 Å². The Balaban J connectivity index is 2.09. The summed E-state index contributed by atoms with van der Waals surface area (Å²) in [4.78, 5) is 11.6. The Bertz CT molecular complexity index is 217. The van der Waals surface area contributed by atoms with E-state index < -0.39 is 0 Å². The van der Waals surface area contributed by atoms with E-state index in [0.717, 1.165) is 18.3 Å². The van der Waals surface area contributed by atoms with Crippen LogP contribution in [-0.4, -0.2) is 5.78 Å². The van der Waals surface area contributed by atoms with E-state index in [9.17, 15) is 4.79 Å². The van der Waals surface area contributed by atoms with Crippen LogP contribution >= 0.6 is 0 Å². The van der Waals surface area contributed by atoms with Crippen molar-refractivity contribution in [1.82, 2.24) is 0 Å². The minimum absolute atomic E-state index is 0.241. The van der Waals surface area contributed by atoms with Gasteiger partial charge in [-0.1, -0.05) is 6.42 Å². The van der Waals surface area contributed by atoms with Crippen LogP contribution in [0, 0.1) is 17.3 Å². The first-order valence-electron chi connectivity index (χ1n) is 4.86. The summed E-state index contributed by atoms with van der Waals surface area (Å²) >= 11 is 0. The zero-order chi connectivity index (χ0) is 7.47. The van der Waals surface area contributed by atoms with Crippen molar-refractivity contribution in [3.63, 3.8) is 0 Å². The molecule has 0 amide bonds. The number of hydrogen-bond donors (Lipinski definition) is 0. The van der Waals surface area contributed by atoms with Crippen molar-refractivity contribution in [2.75, 3.05) is 0 Å². The second-order valence-electron chi connectivity index (χ2n) is 4.58. The molecule has 0 heterocycles. The number of carbonyl (C=O) groups is 1. The van der Waals surface area contributed by atoms with Gasteiger partial charge in [-0.3, -0.25) is 4.79 Å². The molecule has 0 radical (unpaired) electrons. The van der Waals surface area contributed by atoms with Gasteiger partial charge < -0.3 is 0 Å². The van der Waals surface area contributed by atoms with Gasteiger partial charge in [0.25, 0.3) is 0 Å². The van der Waals surface area contributed by atoms with Gasteiger partial charge in [-0.15, -0.1) is 0 Å². The Morgan fingerprint density at radius 2 is 2.18 bits per heavy atom. The van der Waals surface area contributed by atoms with E-state index in [2.05, 4.69) is 0 Å². The van der Waals surface area contributed by atoms with Gasteiger partial charge in [-0.2, -0.15) is 0 Å². The summed E-state index contributed by atoms with van der Waals surface area (Å²) in [6.45, 7) is 0. The Hall–Kier alpha value is -0.330. The molecule has 0 aliphatic heterocycles. The average Bonchev–Trinajstić information content (AvgIpc) is 2.54. The van der Waals surface area contributed by atoms with E-state index >= 15 is 0 Å². The molecule has 3 fully saturated rings. The van der Waals surface area contributed by atoms with Crippen LogP contribution < -0.4 is 0 Å². The van der Waals surface area contributed by atoms with E-state index in [1.165, 1.54) is 32.1 Å². The summed E-state index contributed by atoms with van der Waals surface area (Å²) in [5.41, 5.74) is 0.241. The van der Waals surface area contributed by atoms with E-state index in [-0.39, 0.29) is 5.41 Å². The summed E-state index contributed by atoms with van der Waals surface area (Å²) in [6.07, 6.45) is 7.44. The lowest BCUT2D eigenvalue weighted by molar-refractivity contribution is -0.127. The van der Waals surface area contributed by atoms with Crippen LogP contribution in [0.25, 0.3) is 0 Å². The van der Waals surface area contributed by atoms with Crippen LogP contribution in [0.4, 0.5) is 0 Å². The SMILES string of the molecule is O=C1C[C@H]2CC[C@@]13CCC[C@@H]23. The van der Waals surface area contributed by atoms with E-state index in [0.29, 0.717) is 5.78 Å². The third-order valence-electron chi connectivity index (χ3n) is 4.38. The lowest BCUT2D eigenvalue weighted by Crippen LogP contribution is -2.25. The van der Waals surface area contributed by atoms with Crippen molar-refractivity contribution in [3.05, 3.63) is 0 Å². The molecule has 11 heavy (non-hydrogen) atoms. The minimum Gasteiger partial charge on any atom is -0.299 e. The highest BCUT2D eigenvalue weighted by atomic mass is 16.1. The first kappa shape index (κ1) is 6.22. The molecule has 0 saturated heterocycles. The predicted molar refractivity (Wildman–Crippen MR) is 42.1 cm³/mol. The van der Waals surface area contributed by atoms with Gasteiger partial charge in [-0.25, -0.2) is 0 Å². The molecule has 0 unspecified atom stereocenters. The van der Waals surface area contributed by atoms with Crippen LogP contribution in [0.3, 0.4) is 0 Å². The molecule has 60 valence electrons. The van der Waals surface area contributed by atoms with Crippen molar-refractivity contribution >= 4 is 5.78 Å². The molecule has 0 N–H and O–H groups in total. The fourth-order valence-electron chi connectivity index (χ4n) is 3.91. The van der Waals surface area contributed by atoms with Crippen molar-refractivity contribution in [1.29, 1.82) is 0 Å². The molecule has 3 saturated carbocycles. The molecule has 0 spiro atoms. The fourth-order valence-corrected chi connectivity index (χ4v) is 3.91. The average molecular weight is 150 g/mol. The Morgan fingerprint density at radius 1 is 1.27 bits per heavy atom. The van der Waals surface area contributed by atoms with Gasteiger partial charge in [0.2, 0.25) is 0 Å². The Morgan fingerprint density at radius 3 is 2.91 bits per heavy atom. The third kappa shape index (κ3) is 0.533. The fraction of sp³-hybridized carbons (Fsp3) is 0.900. The van der Waals surface area contributed by atoms with Crippen LogP contribution in [0.1, 0.15) is 38.5 Å². The van der Waals surface area contributed by atoms with Gasteiger partial charge in [0.15, 0.2) is 0 Å². The molecule has 0 aromatic carbocycles. The maximum Gasteiger partial charge on any atom is 0.139 e. The molecule has 3 rings (SSSR count). The normalized spacial score (nSPS) is 53.6. The maximum atomic E-state index is 11.6. The quantitative estimate of drug-likeness (QED) is 0.517. The van der Waals surface area contributed by atoms with Crippen molar-refractivity contribution in [3.8, 4) is 0 Å². The maximum absolute atomic E-state index is 11.6. The molecule has 0 aromatic rings. The smallest absolute Gasteiger partial charge is 0.139 e. The van der Waals surface area contributed by atoms with E-state index in [4.69, 9.17) is 0 Å². The number of carbonyl (C=O) groups excluding carboxylic acids is 1. The summed E-state index contributed by atoms with van der Waals surface area (Å²) in [7, 11) is 0. The number of rotatable bonds is 0. The van der Waals surface area contributed by atoms with E-state index in [1.54, 1.807) is 0 Å². The minimum atomic E-state index is 0.241. The molecular formula is C10H14O. The van der Waals surface area contributed by atoms with Gasteiger partial charge >= 0.3 is 0 Å². The topological polar surface area (TPSA) is 17.1 Å². The summed E-state index contributed by atoms with van der Waals surface area (Å²) < 4.78 is 0. The first-order chi connectivity index (χ1) is 5.33. The van der Waals surface area contributed by atoms with Gasteiger partial charge in [0, 0.05) is 11.8 Å². The second-order valence-corrected chi connectivity index (χ2v) is 4.58. The van der Waals surface area contributed by atoms with Crippen LogP contribution in [-0.2, 0) is 4.79 Å². The highest BCUT2D eigenvalue weighted by molar-refractivity contribution is 5.89. The number of ketones is 1. The first-order valence-corrected chi connectivity index (χ1v) is 4.86. The molecule has 2 bridgehead atoms. The standard InChI is InChI=1S/C10H14O/c11-9-6-7-3-5-10(9)4-1-2-8(7)10/h7-8H,1-6H2/t7-,8+,10-/m1/s1. The largest absolute Gasteiger partial charge is 0.299 e. The molecule has 0 aromatic heterocycles. The van der Waals surface area contributed by atoms with E-state index in [1.807, 2.05) is 0 Å². The molecule has 3 aliphatic carbocycles. The lowest BCUT2D eigenvalue weighted by atomic mass is 9.80. The van der Waals surface area contributed by atoms with Gasteiger partial charge in [0.05, 0.1) is 0 Å². The highest BCUT2D eigenvalue weighted by Crippen LogP contribution is 2.63. The third-order valence-corrected chi connectivity index (χ3v) is 4.38. The lowest BCUT2D eigenvalue weighted by Gasteiger charge is -2.22. The Labute approximate surface area is 67.2 Å². The second kappa shape index (κ2) is 1.70. The molecule has 3 atom stereocenters. The molecule has 1 nitrogen and oxygen atoms in total. The van der Waals surface area contributed by atoms with Crippen molar-refractivity contribution < 1.29 is 4.79 Å². The zero-order valence-corrected chi connectivity index (χ0v) is 6.81. The zero-order valence-electron chi connectivity index (χ0n) is 6.81. The van der Waals surface area contributed by atoms with Crippen LogP contribution in [0.5, 0.6) is 0 Å². The number of Topliss-reactive ketones (excluding diaryl/α,β-unsaturated/α-hetero) is 1. The highest BCUT2D eigenvalue weighted by Gasteiger charge is 2.60. The summed E-state index contributed by atoms with van der Waals surface area (Å²) in [5.74, 6) is 2.26. The monoisotopic (exact) mass is 150 g/mol. The number of hydrogen-bond acceptors (Lipinski definition) is 1.